The Morgan fingerprint density at radius 1 is 1.19 bits per heavy atom. The average molecular weight is 353 g/mol. The van der Waals surface area contributed by atoms with Crippen molar-refractivity contribution in [1.29, 1.82) is 0 Å². The smallest absolute Gasteiger partial charge is 0.256 e. The van der Waals surface area contributed by atoms with E-state index in [0.717, 1.165) is 49.6 Å². The fraction of sp³-hybridized carbons (Fsp3) is 0.500. The van der Waals surface area contributed by atoms with E-state index < -0.39 is 0 Å². The molecule has 1 aliphatic rings. The molecule has 136 valence electrons. The monoisotopic (exact) mass is 353 g/mol. The first-order chi connectivity index (χ1) is 12.5. The van der Waals surface area contributed by atoms with Gasteiger partial charge in [0.25, 0.3) is 11.3 Å². The summed E-state index contributed by atoms with van der Waals surface area (Å²) >= 11 is 0. The lowest BCUT2D eigenvalue weighted by Gasteiger charge is -2.34. The number of aromatic nitrogens is 6. The summed E-state index contributed by atoms with van der Waals surface area (Å²) in [6, 6.07) is 0. The highest BCUT2D eigenvalue weighted by Crippen LogP contribution is 2.27. The van der Waals surface area contributed by atoms with Gasteiger partial charge >= 0.3 is 0 Å². The van der Waals surface area contributed by atoms with Crippen molar-refractivity contribution in [3.8, 4) is 0 Å². The maximum Gasteiger partial charge on any atom is 0.256 e. The molecule has 3 aromatic heterocycles. The lowest BCUT2D eigenvalue weighted by molar-refractivity contribution is 0.349. The zero-order valence-corrected chi connectivity index (χ0v) is 15.4. The molecule has 1 saturated heterocycles. The lowest BCUT2D eigenvalue weighted by atomic mass is 9.96. The Balaban J connectivity index is 1.52. The Bertz CT molecular complexity index is 998. The molecule has 8 heteroatoms. The maximum absolute atomic E-state index is 12.2. The van der Waals surface area contributed by atoms with Crippen molar-refractivity contribution in [3.63, 3.8) is 0 Å². The van der Waals surface area contributed by atoms with Crippen LogP contribution >= 0.6 is 0 Å². The minimum absolute atomic E-state index is 0.0624. The van der Waals surface area contributed by atoms with Crippen molar-refractivity contribution in [2.45, 2.75) is 40.2 Å². The highest BCUT2D eigenvalue weighted by molar-refractivity contribution is 5.54. The summed E-state index contributed by atoms with van der Waals surface area (Å²) in [5.74, 6) is 2.20. The third-order valence-corrected chi connectivity index (χ3v) is 5.32. The Morgan fingerprint density at radius 2 is 1.96 bits per heavy atom. The minimum atomic E-state index is 0.0624. The highest BCUT2D eigenvalue weighted by atomic mass is 16.1. The van der Waals surface area contributed by atoms with E-state index in [1.54, 1.807) is 23.4 Å². The minimum Gasteiger partial charge on any atom is -0.356 e. The molecule has 26 heavy (non-hydrogen) atoms. The van der Waals surface area contributed by atoms with Crippen LogP contribution in [0.3, 0.4) is 0 Å². The number of hydrogen-bond acceptors (Lipinski definition) is 6. The van der Waals surface area contributed by atoms with Gasteiger partial charge in [-0.3, -0.25) is 9.36 Å². The van der Waals surface area contributed by atoms with E-state index in [9.17, 15) is 4.79 Å². The fourth-order valence-electron chi connectivity index (χ4n) is 3.68. The van der Waals surface area contributed by atoms with Crippen LogP contribution in [0.15, 0.2) is 23.6 Å². The van der Waals surface area contributed by atoms with Crippen molar-refractivity contribution < 1.29 is 0 Å². The summed E-state index contributed by atoms with van der Waals surface area (Å²) in [5.41, 5.74) is 2.88. The zero-order chi connectivity index (χ0) is 18.3. The van der Waals surface area contributed by atoms with Crippen molar-refractivity contribution in [2.75, 3.05) is 18.0 Å². The van der Waals surface area contributed by atoms with E-state index in [1.807, 2.05) is 18.4 Å². The number of piperidine rings is 1. The van der Waals surface area contributed by atoms with Crippen LogP contribution in [0.5, 0.6) is 0 Å². The molecular formula is C18H23N7O. The molecule has 1 fully saturated rings. The molecule has 0 unspecified atom stereocenters. The van der Waals surface area contributed by atoms with E-state index in [4.69, 9.17) is 0 Å². The van der Waals surface area contributed by atoms with Crippen LogP contribution in [0.4, 0.5) is 5.82 Å². The van der Waals surface area contributed by atoms with E-state index in [2.05, 4.69) is 31.9 Å². The summed E-state index contributed by atoms with van der Waals surface area (Å²) in [6.07, 6.45) is 6.87. The van der Waals surface area contributed by atoms with Crippen molar-refractivity contribution in [3.05, 3.63) is 46.0 Å². The molecule has 0 aliphatic carbocycles. The Morgan fingerprint density at radius 3 is 2.73 bits per heavy atom. The first-order valence-electron chi connectivity index (χ1n) is 8.97. The molecule has 0 spiro atoms. The van der Waals surface area contributed by atoms with E-state index >= 15 is 0 Å². The number of rotatable bonds is 3. The first kappa shape index (κ1) is 16.7. The molecule has 0 radical (unpaired) electrons. The summed E-state index contributed by atoms with van der Waals surface area (Å²) in [7, 11) is 0. The third-order valence-electron chi connectivity index (χ3n) is 5.32. The topological polar surface area (TPSA) is 81.2 Å². The third kappa shape index (κ3) is 2.85. The van der Waals surface area contributed by atoms with Crippen molar-refractivity contribution in [1.82, 2.24) is 29.1 Å². The predicted octanol–water partition coefficient (Wildman–Crippen LogP) is 1.52. The normalized spacial score (nSPS) is 15.7. The van der Waals surface area contributed by atoms with Crippen LogP contribution in [-0.4, -0.2) is 42.2 Å². The Labute approximate surface area is 151 Å². The van der Waals surface area contributed by atoms with Gasteiger partial charge in [0.05, 0.1) is 6.33 Å². The van der Waals surface area contributed by atoms with Crippen LogP contribution in [-0.2, 0) is 6.54 Å². The molecule has 0 aromatic carbocycles. The first-order valence-corrected chi connectivity index (χ1v) is 8.97. The van der Waals surface area contributed by atoms with E-state index in [-0.39, 0.29) is 5.56 Å². The molecule has 3 aromatic rings. The second-order valence-corrected chi connectivity index (χ2v) is 7.08. The van der Waals surface area contributed by atoms with E-state index in [1.165, 1.54) is 0 Å². The quantitative estimate of drug-likeness (QED) is 0.710. The lowest BCUT2D eigenvalue weighted by Crippen LogP contribution is -2.38. The van der Waals surface area contributed by atoms with Gasteiger partial charge in [-0.15, -0.1) is 0 Å². The second kappa shape index (κ2) is 6.51. The summed E-state index contributed by atoms with van der Waals surface area (Å²) in [6.45, 7) is 8.50. The van der Waals surface area contributed by atoms with Gasteiger partial charge in [0, 0.05) is 42.7 Å². The molecule has 0 amide bonds. The van der Waals surface area contributed by atoms with Gasteiger partial charge in [-0.05, 0) is 39.5 Å². The fourth-order valence-corrected chi connectivity index (χ4v) is 3.68. The molecule has 4 heterocycles. The molecule has 0 bridgehead atoms. The van der Waals surface area contributed by atoms with Crippen LogP contribution in [0.2, 0.25) is 0 Å². The van der Waals surface area contributed by atoms with Crippen molar-refractivity contribution >= 4 is 11.6 Å². The number of hydrogen-bond donors (Lipinski definition) is 0. The van der Waals surface area contributed by atoms with Gasteiger partial charge in [0.1, 0.15) is 12.1 Å². The Hall–Kier alpha value is -2.77. The largest absolute Gasteiger partial charge is 0.356 e. The number of aryl methyl sites for hydroxylation is 2. The van der Waals surface area contributed by atoms with Gasteiger partial charge < -0.3 is 4.90 Å². The zero-order valence-electron chi connectivity index (χ0n) is 15.4. The van der Waals surface area contributed by atoms with Crippen LogP contribution in [0, 0.1) is 26.7 Å². The Kier molecular flexibility index (Phi) is 4.18. The standard InChI is InChI=1S/C18H23N7O/c1-12-8-19-11-24(17(12)26)9-15-4-6-23(7-5-15)16-13(2)14(3)22-18-20-10-21-25(16)18/h8,10-11,15H,4-7,9H2,1-3H3. The van der Waals surface area contributed by atoms with Gasteiger partial charge in [-0.2, -0.15) is 14.6 Å². The molecular weight excluding hydrogens is 330 g/mol. The van der Waals surface area contributed by atoms with Gasteiger partial charge in [0.2, 0.25) is 0 Å². The van der Waals surface area contributed by atoms with Crippen LogP contribution in [0.25, 0.3) is 5.78 Å². The van der Waals surface area contributed by atoms with Gasteiger partial charge in [-0.1, -0.05) is 0 Å². The molecule has 0 atom stereocenters. The van der Waals surface area contributed by atoms with E-state index in [0.29, 0.717) is 17.3 Å². The highest BCUT2D eigenvalue weighted by Gasteiger charge is 2.24. The average Bonchev–Trinajstić information content (AvgIpc) is 3.09. The molecule has 4 rings (SSSR count). The molecule has 0 saturated carbocycles. The molecule has 0 N–H and O–H groups in total. The number of nitrogens with zero attached hydrogens (tertiary/aromatic N) is 7. The summed E-state index contributed by atoms with van der Waals surface area (Å²) in [4.78, 5) is 27.5. The van der Waals surface area contributed by atoms with Gasteiger partial charge in [0.15, 0.2) is 0 Å². The second-order valence-electron chi connectivity index (χ2n) is 7.08. The SMILES string of the molecule is Cc1nc2ncnn2c(N2CCC(Cn3cncc(C)c3=O)CC2)c1C. The predicted molar refractivity (Wildman–Crippen MR) is 98.4 cm³/mol. The molecule has 1 aliphatic heterocycles. The van der Waals surface area contributed by atoms with Crippen molar-refractivity contribution in [2.24, 2.45) is 5.92 Å². The van der Waals surface area contributed by atoms with Gasteiger partial charge in [-0.25, -0.2) is 9.97 Å². The maximum atomic E-state index is 12.2. The summed E-state index contributed by atoms with van der Waals surface area (Å²) < 4.78 is 3.57. The molecule has 8 nitrogen and oxygen atoms in total. The van der Waals surface area contributed by atoms with Crippen LogP contribution < -0.4 is 10.5 Å². The van der Waals surface area contributed by atoms with Crippen LogP contribution in [0.1, 0.15) is 29.7 Å². The summed E-state index contributed by atoms with van der Waals surface area (Å²) in [5, 5.41) is 4.35. The number of fused-ring (bicyclic) bond motifs is 1. The number of anilines is 1.